The van der Waals surface area contributed by atoms with Crippen molar-refractivity contribution < 1.29 is 0 Å². The highest BCUT2D eigenvalue weighted by Crippen LogP contribution is 2.24. The molecule has 5 heteroatoms. The first-order valence-corrected chi connectivity index (χ1v) is 8.79. The maximum Gasteiger partial charge on any atom is 0.170 e. The minimum atomic E-state index is 0.525. The summed E-state index contributed by atoms with van der Waals surface area (Å²) >= 11 is 17.1. The summed E-state index contributed by atoms with van der Waals surface area (Å²) in [7, 11) is 0. The molecule has 118 valence electrons. The Morgan fingerprint density at radius 1 is 1.00 bits per heavy atom. The molecule has 1 aromatic rings. The number of unbranched alkanes of at least 4 members (excludes halogenated alkanes) is 6. The zero-order chi connectivity index (χ0) is 15.5. The molecule has 0 bridgehead atoms. The van der Waals surface area contributed by atoms with E-state index in [0.717, 1.165) is 18.7 Å². The summed E-state index contributed by atoms with van der Waals surface area (Å²) in [5.74, 6) is 0. The lowest BCUT2D eigenvalue weighted by molar-refractivity contribution is 0.586. The Morgan fingerprint density at radius 2 is 1.67 bits per heavy atom. The Labute approximate surface area is 143 Å². The van der Waals surface area contributed by atoms with Gasteiger partial charge in [-0.3, -0.25) is 0 Å². The van der Waals surface area contributed by atoms with Crippen LogP contribution in [0, 0.1) is 0 Å². The molecule has 0 radical (unpaired) electrons. The van der Waals surface area contributed by atoms with Crippen LogP contribution in [0.5, 0.6) is 0 Å². The van der Waals surface area contributed by atoms with Crippen molar-refractivity contribution in [2.24, 2.45) is 0 Å². The van der Waals surface area contributed by atoms with E-state index in [1.807, 2.05) is 6.07 Å². The molecule has 0 unspecified atom stereocenters. The van der Waals surface area contributed by atoms with Crippen molar-refractivity contribution >= 4 is 46.2 Å². The van der Waals surface area contributed by atoms with E-state index < -0.39 is 0 Å². The van der Waals surface area contributed by atoms with Crippen molar-refractivity contribution in [3.63, 3.8) is 0 Å². The van der Waals surface area contributed by atoms with Gasteiger partial charge in [-0.1, -0.05) is 68.7 Å². The molecule has 1 rings (SSSR count). The second-order valence-electron chi connectivity index (χ2n) is 5.13. The lowest BCUT2D eigenvalue weighted by atomic mass is 10.1. The lowest BCUT2D eigenvalue weighted by Gasteiger charge is -2.11. The Balaban J connectivity index is 2.10. The van der Waals surface area contributed by atoms with E-state index in [2.05, 4.69) is 17.6 Å². The SMILES string of the molecule is CCCCCCCCCNC(=S)Nc1ccc(Cl)c(Cl)c1. The molecule has 21 heavy (non-hydrogen) atoms. The fourth-order valence-electron chi connectivity index (χ4n) is 2.03. The molecule has 0 saturated heterocycles. The van der Waals surface area contributed by atoms with E-state index >= 15 is 0 Å². The Kier molecular flexibility index (Phi) is 9.81. The average Bonchev–Trinajstić information content (AvgIpc) is 2.46. The molecular weight excluding hydrogens is 323 g/mol. The summed E-state index contributed by atoms with van der Waals surface area (Å²) in [6.45, 7) is 3.15. The second-order valence-corrected chi connectivity index (χ2v) is 6.35. The van der Waals surface area contributed by atoms with Crippen LogP contribution in [0.2, 0.25) is 10.0 Å². The van der Waals surface area contributed by atoms with Gasteiger partial charge in [0.05, 0.1) is 10.0 Å². The van der Waals surface area contributed by atoms with Gasteiger partial charge in [0.1, 0.15) is 0 Å². The molecule has 0 heterocycles. The van der Waals surface area contributed by atoms with E-state index in [1.165, 1.54) is 38.5 Å². The summed E-state index contributed by atoms with van der Waals surface area (Å²) in [5.41, 5.74) is 0.849. The molecule has 0 spiro atoms. The smallest absolute Gasteiger partial charge is 0.170 e. The van der Waals surface area contributed by atoms with E-state index in [0.29, 0.717) is 15.2 Å². The van der Waals surface area contributed by atoms with Gasteiger partial charge in [-0.05, 0) is 36.8 Å². The summed E-state index contributed by atoms with van der Waals surface area (Å²) in [6, 6.07) is 5.38. The number of nitrogens with one attached hydrogen (secondary N) is 2. The Bertz CT molecular complexity index is 438. The van der Waals surface area contributed by atoms with Crippen LogP contribution in [0.25, 0.3) is 0 Å². The standard InChI is InChI=1S/C16H24Cl2N2S/c1-2-3-4-5-6-7-8-11-19-16(21)20-13-9-10-14(17)15(18)12-13/h9-10,12H,2-8,11H2,1H3,(H2,19,20,21). The zero-order valence-electron chi connectivity index (χ0n) is 12.6. The third-order valence-electron chi connectivity index (χ3n) is 3.24. The predicted molar refractivity (Wildman–Crippen MR) is 98.7 cm³/mol. The highest BCUT2D eigenvalue weighted by Gasteiger charge is 2.01. The molecule has 0 aliphatic heterocycles. The number of benzene rings is 1. The third kappa shape index (κ3) is 8.50. The maximum absolute atomic E-state index is 5.96. The fourth-order valence-corrected chi connectivity index (χ4v) is 2.55. The number of hydrogen-bond donors (Lipinski definition) is 2. The van der Waals surface area contributed by atoms with Crippen molar-refractivity contribution in [2.75, 3.05) is 11.9 Å². The van der Waals surface area contributed by atoms with E-state index in [-0.39, 0.29) is 0 Å². The maximum atomic E-state index is 5.96. The minimum Gasteiger partial charge on any atom is -0.362 e. The van der Waals surface area contributed by atoms with Crippen LogP contribution in [-0.4, -0.2) is 11.7 Å². The van der Waals surface area contributed by atoms with Gasteiger partial charge < -0.3 is 10.6 Å². The minimum absolute atomic E-state index is 0.525. The molecule has 0 aromatic heterocycles. The van der Waals surface area contributed by atoms with Gasteiger partial charge in [0.2, 0.25) is 0 Å². The molecule has 0 fully saturated rings. The molecule has 2 nitrogen and oxygen atoms in total. The van der Waals surface area contributed by atoms with Gasteiger partial charge in [-0.15, -0.1) is 0 Å². The van der Waals surface area contributed by atoms with Crippen molar-refractivity contribution in [1.29, 1.82) is 0 Å². The second kappa shape index (κ2) is 11.1. The van der Waals surface area contributed by atoms with E-state index in [4.69, 9.17) is 35.4 Å². The Hall–Kier alpha value is -0.510. The normalized spacial score (nSPS) is 10.4. The van der Waals surface area contributed by atoms with Crippen LogP contribution >= 0.6 is 35.4 Å². The summed E-state index contributed by atoms with van der Waals surface area (Å²) in [4.78, 5) is 0. The first kappa shape index (κ1) is 18.5. The zero-order valence-corrected chi connectivity index (χ0v) is 14.9. The van der Waals surface area contributed by atoms with E-state index in [9.17, 15) is 0 Å². The van der Waals surface area contributed by atoms with Gasteiger partial charge in [0, 0.05) is 12.2 Å². The van der Waals surface area contributed by atoms with Gasteiger partial charge in [-0.25, -0.2) is 0 Å². The Morgan fingerprint density at radius 3 is 2.33 bits per heavy atom. The monoisotopic (exact) mass is 346 g/mol. The van der Waals surface area contributed by atoms with E-state index in [1.54, 1.807) is 12.1 Å². The molecule has 1 aromatic carbocycles. The van der Waals surface area contributed by atoms with Crippen LogP contribution in [0.1, 0.15) is 51.9 Å². The molecule has 2 N–H and O–H groups in total. The van der Waals surface area contributed by atoms with Gasteiger partial charge in [0.25, 0.3) is 0 Å². The predicted octanol–water partition coefficient (Wildman–Crippen LogP) is 6.03. The number of rotatable bonds is 9. The topological polar surface area (TPSA) is 24.1 Å². The van der Waals surface area contributed by atoms with Crippen molar-refractivity contribution in [3.05, 3.63) is 28.2 Å². The number of anilines is 1. The molecule has 0 atom stereocenters. The van der Waals surface area contributed by atoms with Crippen LogP contribution in [0.4, 0.5) is 5.69 Å². The van der Waals surface area contributed by atoms with Gasteiger partial charge in [0.15, 0.2) is 5.11 Å². The van der Waals surface area contributed by atoms with Crippen LogP contribution in [0.15, 0.2) is 18.2 Å². The summed E-state index contributed by atoms with van der Waals surface area (Å²) < 4.78 is 0. The van der Waals surface area contributed by atoms with Crippen molar-refractivity contribution in [1.82, 2.24) is 5.32 Å². The highest BCUT2D eigenvalue weighted by molar-refractivity contribution is 7.80. The quantitative estimate of drug-likeness (QED) is 0.421. The summed E-state index contributed by atoms with van der Waals surface area (Å²) in [6.07, 6.45) is 9.09. The third-order valence-corrected chi connectivity index (χ3v) is 4.23. The first-order chi connectivity index (χ1) is 10.1. The largest absolute Gasteiger partial charge is 0.362 e. The van der Waals surface area contributed by atoms with Crippen molar-refractivity contribution in [2.45, 2.75) is 51.9 Å². The molecule has 0 aliphatic rings. The number of thiocarbonyl (C=S) groups is 1. The number of hydrogen-bond acceptors (Lipinski definition) is 1. The number of halogens is 2. The fraction of sp³-hybridized carbons (Fsp3) is 0.562. The lowest BCUT2D eigenvalue weighted by Crippen LogP contribution is -2.29. The van der Waals surface area contributed by atoms with Crippen LogP contribution in [-0.2, 0) is 0 Å². The van der Waals surface area contributed by atoms with Gasteiger partial charge in [-0.2, -0.15) is 0 Å². The van der Waals surface area contributed by atoms with Crippen LogP contribution in [0.3, 0.4) is 0 Å². The average molecular weight is 347 g/mol. The summed E-state index contributed by atoms with van der Waals surface area (Å²) in [5, 5.41) is 8.01. The van der Waals surface area contributed by atoms with Crippen molar-refractivity contribution in [3.8, 4) is 0 Å². The molecule has 0 aliphatic carbocycles. The first-order valence-electron chi connectivity index (χ1n) is 7.63. The van der Waals surface area contributed by atoms with Gasteiger partial charge >= 0.3 is 0 Å². The molecule has 0 amide bonds. The van der Waals surface area contributed by atoms with Crippen LogP contribution < -0.4 is 10.6 Å². The highest BCUT2D eigenvalue weighted by atomic mass is 35.5. The molecule has 0 saturated carbocycles. The molecular formula is C16H24Cl2N2S.